The van der Waals surface area contributed by atoms with Crippen molar-refractivity contribution < 1.29 is 4.42 Å². The molecular weight excluding hydrogens is 416 g/mol. The van der Waals surface area contributed by atoms with Gasteiger partial charge in [0.25, 0.3) is 5.22 Å². The summed E-state index contributed by atoms with van der Waals surface area (Å²) in [6.45, 7) is 0. The van der Waals surface area contributed by atoms with E-state index in [1.165, 1.54) is 17.3 Å². The van der Waals surface area contributed by atoms with E-state index >= 15 is 0 Å². The minimum Gasteiger partial charge on any atom is -0.411 e. The van der Waals surface area contributed by atoms with E-state index < -0.39 is 0 Å². The lowest BCUT2D eigenvalue weighted by Crippen LogP contribution is -1.82. The monoisotopic (exact) mass is 424 g/mol. The highest BCUT2D eigenvalue weighted by atomic mass is 79.9. The molecule has 1 heterocycles. The lowest BCUT2D eigenvalue weighted by atomic mass is 10.2. The molecule has 3 nitrogen and oxygen atoms in total. The largest absolute Gasteiger partial charge is 0.411 e. The molecular formula is C15H10Br2N2OS. The molecule has 6 heteroatoms. The minimum absolute atomic E-state index is 0.539. The van der Waals surface area contributed by atoms with E-state index in [9.17, 15) is 0 Å². The minimum atomic E-state index is 0.539. The zero-order chi connectivity index (χ0) is 14.7. The summed E-state index contributed by atoms with van der Waals surface area (Å²) in [5, 5.41) is 8.74. The Hall–Kier alpha value is -1.11. The molecule has 0 fully saturated rings. The van der Waals surface area contributed by atoms with Crippen molar-refractivity contribution in [2.75, 3.05) is 0 Å². The van der Waals surface area contributed by atoms with Gasteiger partial charge in [-0.2, -0.15) is 0 Å². The summed E-state index contributed by atoms with van der Waals surface area (Å²) in [6, 6.07) is 15.9. The molecule has 0 amide bonds. The predicted molar refractivity (Wildman–Crippen MR) is 91.1 cm³/mol. The highest BCUT2D eigenvalue weighted by molar-refractivity contribution is 9.10. The zero-order valence-corrected chi connectivity index (χ0v) is 14.8. The first-order valence-corrected chi connectivity index (χ1v) is 8.75. The maximum Gasteiger partial charge on any atom is 0.277 e. The van der Waals surface area contributed by atoms with E-state index in [2.05, 4.69) is 48.1 Å². The predicted octanol–water partition coefficient (Wildman–Crippen LogP) is 5.55. The molecule has 1 aromatic heterocycles. The first-order valence-electron chi connectivity index (χ1n) is 6.18. The molecule has 0 saturated carbocycles. The van der Waals surface area contributed by atoms with Crippen LogP contribution in [0.15, 0.2) is 67.1 Å². The van der Waals surface area contributed by atoms with Crippen molar-refractivity contribution in [2.24, 2.45) is 0 Å². The van der Waals surface area contributed by atoms with Gasteiger partial charge in [0.05, 0.1) is 0 Å². The Morgan fingerprint density at radius 2 is 1.71 bits per heavy atom. The van der Waals surface area contributed by atoms with Crippen LogP contribution in [0.3, 0.4) is 0 Å². The van der Waals surface area contributed by atoms with Crippen molar-refractivity contribution in [3.05, 3.63) is 63.0 Å². The smallest absolute Gasteiger partial charge is 0.277 e. The molecule has 0 aliphatic heterocycles. The molecule has 3 rings (SSSR count). The number of hydrogen-bond donors (Lipinski definition) is 0. The third-order valence-corrected chi connectivity index (χ3v) is 4.98. The SMILES string of the molecule is Brc1ccc(-c2nnc(SCc3ccccc3Br)o2)cc1. The van der Waals surface area contributed by atoms with Crippen LogP contribution in [-0.4, -0.2) is 10.2 Å². The van der Waals surface area contributed by atoms with E-state index in [0.717, 1.165) is 20.3 Å². The van der Waals surface area contributed by atoms with Crippen molar-refractivity contribution in [1.82, 2.24) is 10.2 Å². The molecule has 106 valence electrons. The van der Waals surface area contributed by atoms with Gasteiger partial charge in [-0.05, 0) is 35.9 Å². The van der Waals surface area contributed by atoms with Crippen molar-refractivity contribution in [1.29, 1.82) is 0 Å². The quantitative estimate of drug-likeness (QED) is 0.513. The number of benzene rings is 2. The molecule has 0 aliphatic rings. The average molecular weight is 426 g/mol. The summed E-state index contributed by atoms with van der Waals surface area (Å²) in [6.07, 6.45) is 0. The van der Waals surface area contributed by atoms with E-state index in [0.29, 0.717) is 11.1 Å². The Bertz CT molecular complexity index is 743. The van der Waals surface area contributed by atoms with Gasteiger partial charge in [-0.25, -0.2) is 0 Å². The molecule has 0 radical (unpaired) electrons. The van der Waals surface area contributed by atoms with Gasteiger partial charge >= 0.3 is 0 Å². The van der Waals surface area contributed by atoms with Crippen molar-refractivity contribution in [3.63, 3.8) is 0 Å². The summed E-state index contributed by atoms with van der Waals surface area (Å²) in [5.74, 6) is 1.32. The highest BCUT2D eigenvalue weighted by Crippen LogP contribution is 2.28. The third-order valence-electron chi connectivity index (χ3n) is 2.81. The Balaban J connectivity index is 1.71. The van der Waals surface area contributed by atoms with Gasteiger partial charge in [0.2, 0.25) is 5.89 Å². The van der Waals surface area contributed by atoms with Gasteiger partial charge in [0.15, 0.2) is 0 Å². The Kier molecular flexibility index (Phi) is 4.77. The van der Waals surface area contributed by atoms with Crippen LogP contribution in [-0.2, 0) is 5.75 Å². The van der Waals surface area contributed by atoms with Crippen LogP contribution in [0.4, 0.5) is 0 Å². The number of rotatable bonds is 4. The number of nitrogens with zero attached hydrogens (tertiary/aromatic N) is 2. The maximum absolute atomic E-state index is 5.68. The topological polar surface area (TPSA) is 38.9 Å². The maximum atomic E-state index is 5.68. The lowest BCUT2D eigenvalue weighted by molar-refractivity contribution is 0.466. The number of thioether (sulfide) groups is 1. The van der Waals surface area contributed by atoms with Gasteiger partial charge in [-0.3, -0.25) is 0 Å². The summed E-state index contributed by atoms with van der Waals surface area (Å²) >= 11 is 8.47. The fourth-order valence-electron chi connectivity index (χ4n) is 1.73. The standard InChI is InChI=1S/C15H10Br2N2OS/c16-12-7-5-10(6-8-12)14-18-19-15(20-14)21-9-11-3-1-2-4-13(11)17/h1-8H,9H2. The molecule has 0 unspecified atom stereocenters. The van der Waals surface area contributed by atoms with E-state index in [4.69, 9.17) is 4.42 Å². The average Bonchev–Trinajstić information content (AvgIpc) is 2.96. The lowest BCUT2D eigenvalue weighted by Gasteiger charge is -2.00. The second kappa shape index (κ2) is 6.77. The summed E-state index contributed by atoms with van der Waals surface area (Å²) in [5.41, 5.74) is 2.12. The summed E-state index contributed by atoms with van der Waals surface area (Å²) in [4.78, 5) is 0. The number of halogens is 2. The molecule has 0 spiro atoms. The highest BCUT2D eigenvalue weighted by Gasteiger charge is 2.09. The molecule has 2 aromatic carbocycles. The van der Waals surface area contributed by atoms with Crippen molar-refractivity contribution >= 4 is 43.6 Å². The van der Waals surface area contributed by atoms with Crippen LogP contribution in [0.1, 0.15) is 5.56 Å². The van der Waals surface area contributed by atoms with Crippen LogP contribution < -0.4 is 0 Å². The Labute approximate surface area is 143 Å². The molecule has 0 N–H and O–H groups in total. The normalized spacial score (nSPS) is 10.8. The van der Waals surface area contributed by atoms with E-state index in [1.54, 1.807) is 0 Å². The van der Waals surface area contributed by atoms with Crippen molar-refractivity contribution in [3.8, 4) is 11.5 Å². The summed E-state index contributed by atoms with van der Waals surface area (Å²) in [7, 11) is 0. The van der Waals surface area contributed by atoms with Gasteiger partial charge < -0.3 is 4.42 Å². The molecule has 21 heavy (non-hydrogen) atoms. The second-order valence-corrected chi connectivity index (χ2v) is 6.96. The summed E-state index contributed by atoms with van der Waals surface area (Å²) < 4.78 is 7.79. The van der Waals surface area contributed by atoms with Gasteiger partial charge in [0.1, 0.15) is 0 Å². The molecule has 0 aliphatic carbocycles. The molecule has 0 bridgehead atoms. The van der Waals surface area contributed by atoms with Crippen LogP contribution >= 0.6 is 43.6 Å². The van der Waals surface area contributed by atoms with Crippen LogP contribution in [0, 0.1) is 0 Å². The van der Waals surface area contributed by atoms with E-state index in [-0.39, 0.29) is 0 Å². The molecule has 0 atom stereocenters. The van der Waals surface area contributed by atoms with Gasteiger partial charge in [-0.15, -0.1) is 10.2 Å². The Morgan fingerprint density at radius 3 is 2.48 bits per heavy atom. The first kappa shape index (κ1) is 14.8. The van der Waals surface area contributed by atoms with Crippen LogP contribution in [0.2, 0.25) is 0 Å². The number of aromatic nitrogens is 2. The number of hydrogen-bond acceptors (Lipinski definition) is 4. The molecule has 3 aromatic rings. The zero-order valence-electron chi connectivity index (χ0n) is 10.8. The van der Waals surface area contributed by atoms with Crippen LogP contribution in [0.5, 0.6) is 0 Å². The first-order chi connectivity index (χ1) is 10.2. The fourth-order valence-corrected chi connectivity index (χ4v) is 3.37. The van der Waals surface area contributed by atoms with Crippen molar-refractivity contribution in [2.45, 2.75) is 11.0 Å². The van der Waals surface area contributed by atoms with E-state index in [1.807, 2.05) is 42.5 Å². The van der Waals surface area contributed by atoms with Gasteiger partial charge in [-0.1, -0.05) is 61.8 Å². The van der Waals surface area contributed by atoms with Gasteiger partial charge in [0, 0.05) is 20.3 Å². The third kappa shape index (κ3) is 3.75. The van der Waals surface area contributed by atoms with Crippen LogP contribution in [0.25, 0.3) is 11.5 Å². The fraction of sp³-hybridized carbons (Fsp3) is 0.0667. The second-order valence-electron chi connectivity index (χ2n) is 4.26. The molecule has 0 saturated heterocycles. The Morgan fingerprint density at radius 1 is 0.952 bits per heavy atom.